The maximum atomic E-state index is 13.6. The van der Waals surface area contributed by atoms with Crippen LogP contribution in [0, 0.1) is 0 Å². The number of benzene rings is 2. The van der Waals surface area contributed by atoms with Crippen molar-refractivity contribution in [1.29, 1.82) is 0 Å². The van der Waals surface area contributed by atoms with Gasteiger partial charge in [0.2, 0.25) is 0 Å². The van der Waals surface area contributed by atoms with Crippen molar-refractivity contribution in [2.45, 2.75) is 39.0 Å². The number of ether oxygens (including phenoxy) is 2. The molecular weight excluding hydrogens is 420 g/mol. The normalized spacial score (nSPS) is 17.9. The molecule has 1 aliphatic heterocycles. The molecule has 0 saturated carbocycles. The Morgan fingerprint density at radius 2 is 1.97 bits per heavy atom. The Morgan fingerprint density at radius 3 is 2.73 bits per heavy atom. The second kappa shape index (κ2) is 9.40. The van der Waals surface area contributed by atoms with Gasteiger partial charge in [-0.2, -0.15) is 0 Å². The highest BCUT2D eigenvalue weighted by molar-refractivity contribution is 6.10. The fourth-order valence-electron chi connectivity index (χ4n) is 4.54. The molecule has 0 aromatic heterocycles. The second-order valence-corrected chi connectivity index (χ2v) is 8.08. The first kappa shape index (κ1) is 22.5. The van der Waals surface area contributed by atoms with Crippen LogP contribution in [-0.4, -0.2) is 30.5 Å². The zero-order valence-electron chi connectivity index (χ0n) is 19.0. The van der Waals surface area contributed by atoms with E-state index in [4.69, 9.17) is 9.47 Å². The Hall–Kier alpha value is -3.74. The van der Waals surface area contributed by atoms with E-state index >= 15 is 0 Å². The topological polar surface area (TPSA) is 96.9 Å². The van der Waals surface area contributed by atoms with Gasteiger partial charge in [0, 0.05) is 34.9 Å². The molecule has 2 aromatic carbocycles. The summed E-state index contributed by atoms with van der Waals surface area (Å²) in [6.07, 6.45) is 1.95. The fraction of sp³-hybridized carbons (Fsp3) is 0.308. The number of hydrogen-bond acceptors (Lipinski definition) is 6. The van der Waals surface area contributed by atoms with Gasteiger partial charge in [0.05, 0.1) is 19.4 Å². The van der Waals surface area contributed by atoms with Crippen LogP contribution in [0.5, 0.6) is 17.2 Å². The van der Waals surface area contributed by atoms with Crippen molar-refractivity contribution in [2.24, 2.45) is 0 Å². The van der Waals surface area contributed by atoms with Gasteiger partial charge in [-0.15, -0.1) is 0 Å². The number of hydrogen-bond donors (Lipinski definition) is 3. The number of anilines is 1. The minimum absolute atomic E-state index is 0.0134. The van der Waals surface area contributed by atoms with E-state index in [9.17, 15) is 14.7 Å². The summed E-state index contributed by atoms with van der Waals surface area (Å²) in [7, 11) is 1.55. The first-order valence-corrected chi connectivity index (χ1v) is 11.1. The standard InChI is InChI=1S/C26H28N2O5/c1-4-33-22-14-16(12-13-19(22)29)24-23(15(2)27-18-9-7-10-20(30)25(18)24)26(31)28-17-8-5-6-11-21(17)32-3/h5-6,8,11-14,24,27,29H,4,7,9-10H2,1-3H3,(H,28,31)/t24-/m0/s1. The van der Waals surface area contributed by atoms with Crippen LogP contribution in [0.15, 0.2) is 65.0 Å². The van der Waals surface area contributed by atoms with Crippen molar-refractivity contribution in [3.63, 3.8) is 0 Å². The molecule has 1 aliphatic carbocycles. The lowest BCUT2D eigenvalue weighted by Crippen LogP contribution is -2.35. The maximum absolute atomic E-state index is 13.6. The maximum Gasteiger partial charge on any atom is 0.254 e. The molecule has 0 radical (unpaired) electrons. The number of methoxy groups -OCH3 is 1. The highest BCUT2D eigenvalue weighted by atomic mass is 16.5. The molecule has 2 aromatic rings. The number of rotatable bonds is 6. The van der Waals surface area contributed by atoms with E-state index in [1.54, 1.807) is 37.4 Å². The van der Waals surface area contributed by atoms with Crippen molar-refractivity contribution in [3.8, 4) is 17.2 Å². The number of dihydropyridines is 1. The number of phenols is 1. The molecule has 1 atom stereocenters. The van der Waals surface area contributed by atoms with Crippen molar-refractivity contribution in [3.05, 3.63) is 70.6 Å². The van der Waals surface area contributed by atoms with E-state index in [0.29, 0.717) is 52.6 Å². The van der Waals surface area contributed by atoms with Crippen LogP contribution in [0.25, 0.3) is 0 Å². The first-order chi connectivity index (χ1) is 15.9. The Labute approximate surface area is 193 Å². The molecular formula is C26H28N2O5. The molecule has 7 nitrogen and oxygen atoms in total. The van der Waals surface area contributed by atoms with Gasteiger partial charge in [0.15, 0.2) is 17.3 Å². The first-order valence-electron chi connectivity index (χ1n) is 11.1. The second-order valence-electron chi connectivity index (χ2n) is 8.08. The molecule has 0 fully saturated rings. The van der Waals surface area contributed by atoms with Gasteiger partial charge in [-0.3, -0.25) is 9.59 Å². The third-order valence-corrected chi connectivity index (χ3v) is 5.99. The summed E-state index contributed by atoms with van der Waals surface area (Å²) >= 11 is 0. The van der Waals surface area contributed by atoms with Crippen molar-refractivity contribution >= 4 is 17.4 Å². The zero-order valence-corrected chi connectivity index (χ0v) is 19.0. The molecule has 3 N–H and O–H groups in total. The van der Waals surface area contributed by atoms with Crippen LogP contribution in [-0.2, 0) is 9.59 Å². The van der Waals surface area contributed by atoms with Crippen molar-refractivity contribution in [1.82, 2.24) is 5.32 Å². The Morgan fingerprint density at radius 1 is 1.18 bits per heavy atom. The molecule has 7 heteroatoms. The number of amides is 1. The molecule has 33 heavy (non-hydrogen) atoms. The SMILES string of the molecule is CCOc1cc([C@H]2C(C(=O)Nc3ccccc3OC)=C(C)NC3=C2C(=O)CCC3)ccc1O. The summed E-state index contributed by atoms with van der Waals surface area (Å²) in [5, 5.41) is 16.5. The molecule has 0 spiro atoms. The van der Waals surface area contributed by atoms with Crippen LogP contribution in [0.2, 0.25) is 0 Å². The van der Waals surface area contributed by atoms with Crippen molar-refractivity contribution < 1.29 is 24.2 Å². The Balaban J connectivity index is 1.81. The van der Waals surface area contributed by atoms with Gasteiger partial charge < -0.3 is 25.2 Å². The number of phenolic OH excluding ortho intramolecular Hbond substituents is 1. The largest absolute Gasteiger partial charge is 0.504 e. The minimum Gasteiger partial charge on any atom is -0.504 e. The lowest BCUT2D eigenvalue weighted by Gasteiger charge is -2.34. The summed E-state index contributed by atoms with van der Waals surface area (Å²) < 4.78 is 11.0. The summed E-state index contributed by atoms with van der Waals surface area (Å²) in [6, 6.07) is 12.2. The van der Waals surface area contributed by atoms with Gasteiger partial charge >= 0.3 is 0 Å². The lowest BCUT2D eigenvalue weighted by molar-refractivity contribution is -0.116. The van der Waals surface area contributed by atoms with E-state index in [-0.39, 0.29) is 17.4 Å². The predicted octanol–water partition coefficient (Wildman–Crippen LogP) is 4.41. The average molecular weight is 449 g/mol. The summed E-state index contributed by atoms with van der Waals surface area (Å²) in [6.45, 7) is 4.06. The summed E-state index contributed by atoms with van der Waals surface area (Å²) in [5.41, 5.74) is 3.85. The van der Waals surface area contributed by atoms with E-state index in [1.807, 2.05) is 26.0 Å². The number of para-hydroxylation sites is 2. The van der Waals surface area contributed by atoms with E-state index < -0.39 is 5.92 Å². The predicted molar refractivity (Wildman–Crippen MR) is 125 cm³/mol. The van der Waals surface area contributed by atoms with Gasteiger partial charge in [-0.25, -0.2) is 0 Å². The number of Topliss-reactive ketones (excluding diaryl/α,β-unsaturated/α-hetero) is 1. The van der Waals surface area contributed by atoms with Crippen LogP contribution >= 0.6 is 0 Å². The molecule has 1 amide bonds. The van der Waals surface area contributed by atoms with Gasteiger partial charge in [-0.1, -0.05) is 18.2 Å². The number of ketones is 1. The number of allylic oxidation sites excluding steroid dienone is 3. The van der Waals surface area contributed by atoms with E-state index in [2.05, 4.69) is 10.6 Å². The average Bonchev–Trinajstić information content (AvgIpc) is 2.80. The third kappa shape index (κ3) is 4.31. The molecule has 0 bridgehead atoms. The van der Waals surface area contributed by atoms with Crippen LogP contribution in [0.1, 0.15) is 44.6 Å². The Bertz CT molecular complexity index is 1170. The van der Waals surface area contributed by atoms with E-state index in [1.165, 1.54) is 0 Å². The molecule has 4 rings (SSSR count). The smallest absolute Gasteiger partial charge is 0.254 e. The quantitative estimate of drug-likeness (QED) is 0.606. The number of nitrogens with one attached hydrogen (secondary N) is 2. The lowest BCUT2D eigenvalue weighted by atomic mass is 9.75. The molecule has 172 valence electrons. The summed E-state index contributed by atoms with van der Waals surface area (Å²) in [4.78, 5) is 26.7. The van der Waals surface area contributed by atoms with Crippen LogP contribution in [0.4, 0.5) is 5.69 Å². The highest BCUT2D eigenvalue weighted by Gasteiger charge is 2.38. The zero-order chi connectivity index (χ0) is 23.5. The van der Waals surface area contributed by atoms with Gasteiger partial charge in [-0.05, 0) is 56.5 Å². The summed E-state index contributed by atoms with van der Waals surface area (Å²) in [5.74, 6) is -0.00857. The van der Waals surface area contributed by atoms with Crippen LogP contribution < -0.4 is 20.1 Å². The Kier molecular flexibility index (Phi) is 6.40. The van der Waals surface area contributed by atoms with E-state index in [0.717, 1.165) is 18.5 Å². The molecule has 0 saturated heterocycles. The monoisotopic (exact) mass is 448 g/mol. The molecule has 0 unspecified atom stereocenters. The molecule has 1 heterocycles. The van der Waals surface area contributed by atoms with Crippen molar-refractivity contribution in [2.75, 3.05) is 19.0 Å². The van der Waals surface area contributed by atoms with Gasteiger partial charge in [0.1, 0.15) is 5.75 Å². The third-order valence-electron chi connectivity index (χ3n) is 5.99. The fourth-order valence-corrected chi connectivity index (χ4v) is 4.54. The minimum atomic E-state index is -0.580. The highest BCUT2D eigenvalue weighted by Crippen LogP contribution is 2.44. The number of carbonyl (C=O) groups excluding carboxylic acids is 2. The van der Waals surface area contributed by atoms with Gasteiger partial charge in [0.25, 0.3) is 5.91 Å². The number of carbonyl (C=O) groups is 2. The van der Waals surface area contributed by atoms with Crippen LogP contribution in [0.3, 0.4) is 0 Å². The molecule has 2 aliphatic rings. The number of aromatic hydroxyl groups is 1.